The van der Waals surface area contributed by atoms with Gasteiger partial charge in [-0.25, -0.2) is 0 Å². The van der Waals surface area contributed by atoms with Gasteiger partial charge >= 0.3 is 0 Å². The molecule has 5 N–H and O–H groups in total. The maximum Gasteiger partial charge on any atom is 0.249 e. The van der Waals surface area contributed by atoms with E-state index in [1.54, 1.807) is 0 Å². The summed E-state index contributed by atoms with van der Waals surface area (Å²) in [5.74, 6) is -0.596. The highest BCUT2D eigenvalue weighted by Gasteiger charge is 2.28. The van der Waals surface area contributed by atoms with Gasteiger partial charge in [0, 0.05) is 0 Å². The summed E-state index contributed by atoms with van der Waals surface area (Å²) in [5, 5.41) is 43.8. The van der Waals surface area contributed by atoms with Crippen LogP contribution in [0.4, 0.5) is 0 Å². The highest BCUT2D eigenvalue weighted by molar-refractivity contribution is 5.80. The van der Waals surface area contributed by atoms with Gasteiger partial charge < -0.3 is 25.7 Å². The zero-order valence-corrected chi connectivity index (χ0v) is 37.4. The summed E-state index contributed by atoms with van der Waals surface area (Å²) in [6.45, 7) is 4.06. The third-order valence-corrected chi connectivity index (χ3v) is 11.6. The molecule has 56 heavy (non-hydrogen) atoms. The molecule has 0 saturated heterocycles. The van der Waals surface area contributed by atoms with E-state index in [4.69, 9.17) is 0 Å². The average Bonchev–Trinajstić information content (AvgIpc) is 3.20. The summed E-state index contributed by atoms with van der Waals surface area (Å²) in [7, 11) is 0. The maximum atomic E-state index is 12.5. The molecule has 0 aromatic heterocycles. The summed E-state index contributed by atoms with van der Waals surface area (Å²) < 4.78 is 0. The molecule has 0 aromatic rings. The van der Waals surface area contributed by atoms with Crippen molar-refractivity contribution >= 4 is 5.91 Å². The number of rotatable bonds is 45. The van der Waals surface area contributed by atoms with E-state index >= 15 is 0 Å². The SMILES string of the molecule is CCCCCCCCCC/C=C\CCCCCCCCC(O)C(=O)NC(CO)C(O)C(O)CCC/C=C/CCCCCCCCCCCCCCCCCCC. The van der Waals surface area contributed by atoms with Crippen LogP contribution in [0.3, 0.4) is 0 Å². The second-order valence-electron chi connectivity index (χ2n) is 17.2. The number of hydrogen-bond donors (Lipinski definition) is 5. The third-order valence-electron chi connectivity index (χ3n) is 11.6. The Balaban J connectivity index is 3.72. The van der Waals surface area contributed by atoms with E-state index in [1.807, 2.05) is 0 Å². The van der Waals surface area contributed by atoms with Crippen molar-refractivity contribution in [2.24, 2.45) is 0 Å². The summed E-state index contributed by atoms with van der Waals surface area (Å²) in [6, 6.07) is -1.00. The van der Waals surface area contributed by atoms with Crippen molar-refractivity contribution in [1.29, 1.82) is 0 Å². The zero-order chi connectivity index (χ0) is 41.0. The van der Waals surface area contributed by atoms with Crippen LogP contribution in [0.2, 0.25) is 0 Å². The summed E-state index contributed by atoms with van der Waals surface area (Å²) in [5.41, 5.74) is 0. The Morgan fingerprint density at radius 1 is 0.429 bits per heavy atom. The minimum atomic E-state index is -1.28. The molecule has 4 atom stereocenters. The van der Waals surface area contributed by atoms with Crippen LogP contribution in [0, 0.1) is 0 Å². The van der Waals surface area contributed by atoms with Crippen LogP contribution in [0.15, 0.2) is 24.3 Å². The number of aliphatic hydroxyl groups is 4. The molecule has 6 heteroatoms. The van der Waals surface area contributed by atoms with Gasteiger partial charge in [0.05, 0.1) is 18.8 Å². The van der Waals surface area contributed by atoms with Gasteiger partial charge in [-0.15, -0.1) is 0 Å². The standard InChI is InChI=1S/C50H97NO5/c1-3-5-7-9-11-13-15-17-19-21-23-24-25-26-28-29-31-33-35-37-39-41-43-47(53)49(55)46(45-52)51-50(56)48(54)44-42-40-38-36-34-32-30-27-22-20-18-16-14-12-10-8-6-4-2/h22,27,35,37,46-49,52-55H,3-21,23-26,28-34,36,38-45H2,1-2H3,(H,51,56)/b27-22-,37-35+. The summed E-state index contributed by atoms with van der Waals surface area (Å²) in [6.07, 6.45) is 52.2. The number of amides is 1. The molecule has 0 aliphatic heterocycles. The number of carbonyl (C=O) groups excluding carboxylic acids is 1. The number of carbonyl (C=O) groups is 1. The van der Waals surface area contributed by atoms with Crippen molar-refractivity contribution in [2.45, 2.75) is 282 Å². The van der Waals surface area contributed by atoms with E-state index in [-0.39, 0.29) is 0 Å². The fourth-order valence-corrected chi connectivity index (χ4v) is 7.69. The fourth-order valence-electron chi connectivity index (χ4n) is 7.69. The van der Waals surface area contributed by atoms with E-state index in [0.717, 1.165) is 44.9 Å². The molecule has 4 unspecified atom stereocenters. The molecule has 0 aromatic carbocycles. The number of hydrogen-bond acceptors (Lipinski definition) is 5. The molecule has 0 aliphatic rings. The molecular weight excluding hydrogens is 695 g/mol. The smallest absolute Gasteiger partial charge is 0.249 e. The van der Waals surface area contributed by atoms with E-state index < -0.39 is 36.9 Å². The van der Waals surface area contributed by atoms with Crippen molar-refractivity contribution in [3.05, 3.63) is 24.3 Å². The van der Waals surface area contributed by atoms with E-state index in [0.29, 0.717) is 12.8 Å². The molecule has 332 valence electrons. The summed E-state index contributed by atoms with van der Waals surface area (Å²) in [4.78, 5) is 12.5. The average molecular weight is 792 g/mol. The quantitative estimate of drug-likeness (QED) is 0.0312. The number of nitrogens with one attached hydrogen (secondary N) is 1. The maximum absolute atomic E-state index is 12.5. The molecule has 0 radical (unpaired) electrons. The van der Waals surface area contributed by atoms with Crippen molar-refractivity contribution in [2.75, 3.05) is 6.61 Å². The Kier molecular flexibility index (Phi) is 43.9. The number of aliphatic hydroxyl groups excluding tert-OH is 4. The van der Waals surface area contributed by atoms with Gasteiger partial charge in [0.2, 0.25) is 5.91 Å². The summed E-state index contributed by atoms with van der Waals surface area (Å²) >= 11 is 0. The highest BCUT2D eigenvalue weighted by atomic mass is 16.3. The lowest BCUT2D eigenvalue weighted by molar-refractivity contribution is -0.132. The molecule has 0 aliphatic carbocycles. The van der Waals surface area contributed by atoms with Crippen LogP contribution in [-0.4, -0.2) is 57.3 Å². The van der Waals surface area contributed by atoms with Crippen molar-refractivity contribution in [3.8, 4) is 0 Å². The molecule has 0 spiro atoms. The second kappa shape index (κ2) is 44.9. The molecule has 6 nitrogen and oxygen atoms in total. The number of unbranched alkanes of at least 4 members (excludes halogenated alkanes) is 32. The molecular formula is C50H97NO5. The van der Waals surface area contributed by atoms with Gasteiger partial charge in [-0.2, -0.15) is 0 Å². The molecule has 0 rings (SSSR count). The van der Waals surface area contributed by atoms with Crippen molar-refractivity contribution in [1.82, 2.24) is 5.32 Å². The van der Waals surface area contributed by atoms with Gasteiger partial charge in [-0.3, -0.25) is 4.79 Å². The molecule has 0 saturated carbocycles. The predicted molar refractivity (Wildman–Crippen MR) is 242 cm³/mol. The van der Waals surface area contributed by atoms with E-state index in [9.17, 15) is 25.2 Å². The minimum absolute atomic E-state index is 0.357. The Bertz CT molecular complexity index is 847. The molecule has 0 fully saturated rings. The first-order valence-corrected chi connectivity index (χ1v) is 24.7. The van der Waals surface area contributed by atoms with E-state index in [2.05, 4.69) is 43.5 Å². The topological polar surface area (TPSA) is 110 Å². The minimum Gasteiger partial charge on any atom is -0.394 e. The lowest BCUT2D eigenvalue weighted by Gasteiger charge is -2.27. The van der Waals surface area contributed by atoms with Crippen molar-refractivity contribution < 1.29 is 25.2 Å². The van der Waals surface area contributed by atoms with Gasteiger partial charge in [0.25, 0.3) is 0 Å². The molecule has 1 amide bonds. The first kappa shape index (κ1) is 54.8. The van der Waals surface area contributed by atoms with Crippen LogP contribution in [0.1, 0.15) is 258 Å². The first-order chi connectivity index (χ1) is 27.5. The van der Waals surface area contributed by atoms with Gasteiger partial charge in [0.15, 0.2) is 0 Å². The monoisotopic (exact) mass is 792 g/mol. The van der Waals surface area contributed by atoms with Crippen LogP contribution in [0.25, 0.3) is 0 Å². The Labute approximate surface area is 348 Å². The van der Waals surface area contributed by atoms with Crippen LogP contribution in [-0.2, 0) is 4.79 Å². The Hall–Kier alpha value is -1.21. The fraction of sp³-hybridized carbons (Fsp3) is 0.900. The lowest BCUT2D eigenvalue weighted by Crippen LogP contribution is -2.53. The predicted octanol–water partition coefficient (Wildman–Crippen LogP) is 13.5. The Morgan fingerprint density at radius 2 is 0.732 bits per heavy atom. The first-order valence-electron chi connectivity index (χ1n) is 24.7. The molecule has 0 bridgehead atoms. The molecule has 0 heterocycles. The van der Waals surface area contributed by atoms with Gasteiger partial charge in [0.1, 0.15) is 12.2 Å². The second-order valence-corrected chi connectivity index (χ2v) is 17.2. The van der Waals surface area contributed by atoms with Crippen molar-refractivity contribution in [3.63, 3.8) is 0 Å². The zero-order valence-electron chi connectivity index (χ0n) is 37.4. The van der Waals surface area contributed by atoms with Crippen LogP contribution >= 0.6 is 0 Å². The van der Waals surface area contributed by atoms with E-state index in [1.165, 1.54) is 186 Å². The largest absolute Gasteiger partial charge is 0.394 e. The van der Waals surface area contributed by atoms with Crippen LogP contribution < -0.4 is 5.32 Å². The van der Waals surface area contributed by atoms with Gasteiger partial charge in [-0.05, 0) is 64.2 Å². The normalized spacial score (nSPS) is 14.2. The van der Waals surface area contributed by atoms with Crippen LogP contribution in [0.5, 0.6) is 0 Å². The lowest BCUT2D eigenvalue weighted by atomic mass is 10.00. The Morgan fingerprint density at radius 3 is 1.07 bits per heavy atom. The number of allylic oxidation sites excluding steroid dienone is 4. The highest BCUT2D eigenvalue weighted by Crippen LogP contribution is 2.16. The van der Waals surface area contributed by atoms with Gasteiger partial charge in [-0.1, -0.05) is 218 Å². The third kappa shape index (κ3) is 38.3.